The van der Waals surface area contributed by atoms with Gasteiger partial charge in [-0.3, -0.25) is 0 Å². The van der Waals surface area contributed by atoms with Crippen molar-refractivity contribution in [2.45, 2.75) is 45.1 Å². The second-order valence-corrected chi connectivity index (χ2v) is 5.07. The van der Waals surface area contributed by atoms with Gasteiger partial charge in [0.15, 0.2) is 0 Å². The molecule has 1 heterocycles. The van der Waals surface area contributed by atoms with Crippen molar-refractivity contribution >= 4 is 11.5 Å². The van der Waals surface area contributed by atoms with E-state index in [1.807, 2.05) is 12.1 Å². The maximum Gasteiger partial charge on any atom is 0.238 e. The van der Waals surface area contributed by atoms with Gasteiger partial charge in [-0.15, -0.1) is 0 Å². The summed E-state index contributed by atoms with van der Waals surface area (Å²) in [5.74, 6) is 2.28. The van der Waals surface area contributed by atoms with Gasteiger partial charge in [-0.2, -0.15) is 4.98 Å². The van der Waals surface area contributed by atoms with Gasteiger partial charge in [0.05, 0.1) is 12.8 Å². The first-order chi connectivity index (χ1) is 8.72. The molecular weight excluding hydrogens is 226 g/mol. The molecule has 0 spiro atoms. The Hall–Kier alpha value is -1.45. The summed E-state index contributed by atoms with van der Waals surface area (Å²) >= 11 is 0. The number of methoxy groups -OCH3 is 1. The predicted molar refractivity (Wildman–Crippen MR) is 74.9 cm³/mol. The van der Waals surface area contributed by atoms with Crippen LogP contribution in [0.1, 0.15) is 39.0 Å². The number of nitrogens with one attached hydrogen (secondary N) is 1. The van der Waals surface area contributed by atoms with Crippen molar-refractivity contribution in [3.8, 4) is 5.88 Å². The zero-order chi connectivity index (χ0) is 13.0. The Morgan fingerprint density at radius 3 is 2.67 bits per heavy atom. The fraction of sp³-hybridized carbons (Fsp3) is 0.643. The molecule has 100 valence electrons. The lowest BCUT2D eigenvalue weighted by molar-refractivity contribution is 0.329. The first-order valence-corrected chi connectivity index (χ1v) is 6.80. The molecular formula is C14H23N3O. The summed E-state index contributed by atoms with van der Waals surface area (Å²) < 4.78 is 5.13. The highest BCUT2D eigenvalue weighted by Crippen LogP contribution is 2.29. The zero-order valence-corrected chi connectivity index (χ0v) is 11.3. The summed E-state index contributed by atoms with van der Waals surface area (Å²) in [6.45, 7) is 2.28. The van der Waals surface area contributed by atoms with Crippen LogP contribution >= 0.6 is 0 Å². The highest BCUT2D eigenvalue weighted by Gasteiger charge is 2.20. The minimum Gasteiger partial charge on any atom is -0.479 e. The number of aromatic nitrogens is 1. The summed E-state index contributed by atoms with van der Waals surface area (Å²) in [4.78, 5) is 4.37. The van der Waals surface area contributed by atoms with Gasteiger partial charge in [0.1, 0.15) is 5.82 Å². The lowest BCUT2D eigenvalue weighted by Crippen LogP contribution is -2.26. The van der Waals surface area contributed by atoms with Crippen LogP contribution in [0.5, 0.6) is 5.88 Å². The molecule has 4 heteroatoms. The number of nitrogen functional groups attached to an aromatic ring is 1. The van der Waals surface area contributed by atoms with Crippen LogP contribution in [0.2, 0.25) is 0 Å². The quantitative estimate of drug-likeness (QED) is 0.861. The maximum absolute atomic E-state index is 5.75. The Morgan fingerprint density at radius 1 is 1.33 bits per heavy atom. The van der Waals surface area contributed by atoms with Crippen molar-refractivity contribution in [2.75, 3.05) is 18.2 Å². The third kappa shape index (κ3) is 3.06. The molecule has 0 unspecified atom stereocenters. The highest BCUT2D eigenvalue weighted by atomic mass is 16.5. The third-order valence-corrected chi connectivity index (χ3v) is 3.86. The number of ether oxygens (including phenoxy) is 1. The number of hydrogen-bond donors (Lipinski definition) is 2. The van der Waals surface area contributed by atoms with Crippen molar-refractivity contribution < 1.29 is 4.74 Å². The summed E-state index contributed by atoms with van der Waals surface area (Å²) in [5, 5.41) is 3.48. The second-order valence-electron chi connectivity index (χ2n) is 5.07. The molecule has 3 N–H and O–H groups in total. The molecule has 1 aromatic rings. The minimum atomic E-state index is 0.502. The van der Waals surface area contributed by atoms with Crippen LogP contribution in [0, 0.1) is 5.92 Å². The molecule has 1 fully saturated rings. The molecule has 0 radical (unpaired) electrons. The second kappa shape index (κ2) is 5.94. The van der Waals surface area contributed by atoms with Crippen molar-refractivity contribution in [2.24, 2.45) is 5.92 Å². The fourth-order valence-electron chi connectivity index (χ4n) is 2.62. The molecule has 0 amide bonds. The van der Waals surface area contributed by atoms with E-state index in [0.29, 0.717) is 17.6 Å². The summed E-state index contributed by atoms with van der Waals surface area (Å²) in [6.07, 6.45) is 6.40. The lowest BCUT2D eigenvalue weighted by Gasteiger charge is -2.28. The van der Waals surface area contributed by atoms with E-state index in [0.717, 1.165) is 11.7 Å². The zero-order valence-electron chi connectivity index (χ0n) is 11.3. The van der Waals surface area contributed by atoms with Gasteiger partial charge in [-0.1, -0.05) is 13.3 Å². The average Bonchev–Trinajstić information content (AvgIpc) is 2.42. The van der Waals surface area contributed by atoms with Gasteiger partial charge in [0, 0.05) is 6.04 Å². The first kappa shape index (κ1) is 13.0. The van der Waals surface area contributed by atoms with Crippen molar-refractivity contribution in [3.05, 3.63) is 12.1 Å². The fourth-order valence-corrected chi connectivity index (χ4v) is 2.62. The Balaban J connectivity index is 1.94. The SMILES string of the molecule is CCC1CCC(Nc2ccc(N)c(OC)n2)CC1. The number of nitrogens with two attached hydrogens (primary N) is 1. The van der Waals surface area contributed by atoms with Crippen LogP contribution in [-0.4, -0.2) is 18.1 Å². The first-order valence-electron chi connectivity index (χ1n) is 6.80. The number of pyridine rings is 1. The summed E-state index contributed by atoms with van der Waals surface area (Å²) in [7, 11) is 1.59. The summed E-state index contributed by atoms with van der Waals surface area (Å²) in [6, 6.07) is 4.30. The van der Waals surface area contributed by atoms with Gasteiger partial charge in [-0.05, 0) is 43.7 Å². The van der Waals surface area contributed by atoms with Crippen molar-refractivity contribution in [3.63, 3.8) is 0 Å². The number of nitrogens with zero attached hydrogens (tertiary/aromatic N) is 1. The van der Waals surface area contributed by atoms with Gasteiger partial charge in [0.2, 0.25) is 5.88 Å². The molecule has 2 rings (SSSR count). The van der Waals surface area contributed by atoms with E-state index in [-0.39, 0.29) is 0 Å². The molecule has 0 saturated heterocycles. The van der Waals surface area contributed by atoms with E-state index >= 15 is 0 Å². The van der Waals surface area contributed by atoms with Crippen LogP contribution in [0.4, 0.5) is 11.5 Å². The minimum absolute atomic E-state index is 0.502. The van der Waals surface area contributed by atoms with Gasteiger partial charge in [0.25, 0.3) is 0 Å². The molecule has 0 bridgehead atoms. The largest absolute Gasteiger partial charge is 0.479 e. The molecule has 1 aliphatic rings. The monoisotopic (exact) mass is 249 g/mol. The topological polar surface area (TPSA) is 60.2 Å². The van der Waals surface area contributed by atoms with Crippen molar-refractivity contribution in [1.29, 1.82) is 0 Å². The number of anilines is 2. The third-order valence-electron chi connectivity index (χ3n) is 3.86. The predicted octanol–water partition coefficient (Wildman–Crippen LogP) is 3.05. The van der Waals surface area contributed by atoms with Crippen LogP contribution in [0.3, 0.4) is 0 Å². The standard InChI is InChI=1S/C14H23N3O/c1-3-10-4-6-11(7-5-10)16-13-9-8-12(15)14(17-13)18-2/h8-11H,3-7,15H2,1-2H3,(H,16,17). The molecule has 1 aliphatic carbocycles. The van der Waals surface area contributed by atoms with E-state index < -0.39 is 0 Å². The maximum atomic E-state index is 5.75. The highest BCUT2D eigenvalue weighted by molar-refractivity contribution is 5.53. The van der Waals surface area contributed by atoms with E-state index in [2.05, 4.69) is 17.2 Å². The van der Waals surface area contributed by atoms with E-state index in [1.165, 1.54) is 32.1 Å². The molecule has 4 nitrogen and oxygen atoms in total. The van der Waals surface area contributed by atoms with Crippen LogP contribution in [0.15, 0.2) is 12.1 Å². The Labute approximate surface area is 109 Å². The van der Waals surface area contributed by atoms with Gasteiger partial charge >= 0.3 is 0 Å². The molecule has 18 heavy (non-hydrogen) atoms. The van der Waals surface area contributed by atoms with Gasteiger partial charge < -0.3 is 15.8 Å². The normalized spacial score (nSPS) is 23.7. The van der Waals surface area contributed by atoms with Crippen LogP contribution in [0.25, 0.3) is 0 Å². The van der Waals surface area contributed by atoms with Crippen LogP contribution in [-0.2, 0) is 0 Å². The van der Waals surface area contributed by atoms with Crippen LogP contribution < -0.4 is 15.8 Å². The average molecular weight is 249 g/mol. The summed E-state index contributed by atoms with van der Waals surface area (Å²) in [5.41, 5.74) is 6.34. The Kier molecular flexibility index (Phi) is 4.28. The van der Waals surface area contributed by atoms with Crippen molar-refractivity contribution in [1.82, 2.24) is 4.98 Å². The smallest absolute Gasteiger partial charge is 0.238 e. The Morgan fingerprint density at radius 2 is 2.06 bits per heavy atom. The lowest BCUT2D eigenvalue weighted by atomic mass is 9.84. The molecule has 0 atom stereocenters. The van der Waals surface area contributed by atoms with E-state index in [9.17, 15) is 0 Å². The van der Waals surface area contributed by atoms with E-state index in [4.69, 9.17) is 10.5 Å². The molecule has 1 saturated carbocycles. The molecule has 1 aromatic heterocycles. The van der Waals surface area contributed by atoms with E-state index in [1.54, 1.807) is 7.11 Å². The van der Waals surface area contributed by atoms with Gasteiger partial charge in [-0.25, -0.2) is 0 Å². The molecule has 0 aliphatic heterocycles. The number of rotatable bonds is 4. The number of hydrogen-bond acceptors (Lipinski definition) is 4. The molecule has 0 aromatic carbocycles. The Bertz CT molecular complexity index is 387.